The van der Waals surface area contributed by atoms with E-state index in [2.05, 4.69) is 6.58 Å². The topological polar surface area (TPSA) is 52.6 Å². The van der Waals surface area contributed by atoms with Gasteiger partial charge in [-0.15, -0.1) is 6.58 Å². The lowest BCUT2D eigenvalue weighted by molar-refractivity contribution is -0.171. The second-order valence-corrected chi connectivity index (χ2v) is 4.88. The number of allylic oxidation sites excluding steroid dienone is 1. The van der Waals surface area contributed by atoms with Gasteiger partial charge in [-0.2, -0.15) is 0 Å². The molecule has 0 heterocycles. The normalized spacial score (nSPS) is 14.0. The summed E-state index contributed by atoms with van der Waals surface area (Å²) in [5.41, 5.74) is -1.68. The number of hydrogen-bond acceptors (Lipinski definition) is 4. The first-order chi connectivity index (χ1) is 9.38. The Labute approximate surface area is 119 Å². The van der Waals surface area contributed by atoms with E-state index in [1.807, 2.05) is 30.3 Å². The molecule has 0 saturated heterocycles. The maximum absolute atomic E-state index is 12.2. The zero-order valence-corrected chi connectivity index (χ0v) is 12.3. The molecule has 0 aliphatic heterocycles. The molecule has 0 bridgehead atoms. The van der Waals surface area contributed by atoms with Gasteiger partial charge in [0.05, 0.1) is 14.2 Å². The maximum atomic E-state index is 12.2. The standard InChI is InChI=1S/C16H20O4/c1-6-15(2,12-10-8-7-9-11-12)16(3,13(17)19-4)14(18)20-5/h6-11H,1H2,2-5H3. The van der Waals surface area contributed by atoms with Crippen LogP contribution < -0.4 is 0 Å². The molecule has 0 radical (unpaired) electrons. The summed E-state index contributed by atoms with van der Waals surface area (Å²) in [5.74, 6) is -1.31. The van der Waals surface area contributed by atoms with Crippen molar-refractivity contribution >= 4 is 11.9 Å². The molecule has 0 N–H and O–H groups in total. The van der Waals surface area contributed by atoms with Crippen LogP contribution in [0.3, 0.4) is 0 Å². The third-order valence-corrected chi connectivity index (χ3v) is 4.01. The summed E-state index contributed by atoms with van der Waals surface area (Å²) in [7, 11) is 2.50. The van der Waals surface area contributed by atoms with E-state index in [-0.39, 0.29) is 0 Å². The molecule has 0 spiro atoms. The molecule has 1 aromatic rings. The number of carbonyl (C=O) groups excluding carboxylic acids is 2. The fourth-order valence-electron chi connectivity index (χ4n) is 2.31. The van der Waals surface area contributed by atoms with Gasteiger partial charge in [-0.05, 0) is 12.5 Å². The van der Waals surface area contributed by atoms with Gasteiger partial charge in [-0.1, -0.05) is 43.3 Å². The number of carbonyl (C=O) groups is 2. The predicted octanol–water partition coefficient (Wildman–Crippen LogP) is 2.48. The van der Waals surface area contributed by atoms with E-state index in [0.717, 1.165) is 5.56 Å². The first kappa shape index (κ1) is 16.0. The fourth-order valence-corrected chi connectivity index (χ4v) is 2.31. The molecule has 108 valence electrons. The monoisotopic (exact) mass is 276 g/mol. The van der Waals surface area contributed by atoms with Gasteiger partial charge in [-0.25, -0.2) is 0 Å². The molecule has 0 amide bonds. The van der Waals surface area contributed by atoms with Crippen molar-refractivity contribution in [2.45, 2.75) is 19.3 Å². The second-order valence-electron chi connectivity index (χ2n) is 4.88. The Kier molecular flexibility index (Phi) is 4.71. The highest BCUT2D eigenvalue weighted by atomic mass is 16.5. The molecular weight excluding hydrogens is 256 g/mol. The molecule has 0 aromatic heterocycles. The summed E-state index contributed by atoms with van der Waals surface area (Å²) >= 11 is 0. The Balaban J connectivity index is 3.55. The lowest BCUT2D eigenvalue weighted by Crippen LogP contribution is -2.52. The summed E-state index contributed by atoms with van der Waals surface area (Å²) in [6.07, 6.45) is 1.58. The van der Waals surface area contributed by atoms with Gasteiger partial charge in [0.15, 0.2) is 5.41 Å². The van der Waals surface area contributed by atoms with Gasteiger partial charge in [-0.3, -0.25) is 9.59 Å². The molecular formula is C16H20O4. The highest BCUT2D eigenvalue weighted by Crippen LogP contribution is 2.44. The fraction of sp³-hybridized carbons (Fsp3) is 0.375. The van der Waals surface area contributed by atoms with Gasteiger partial charge in [0, 0.05) is 5.41 Å². The first-order valence-corrected chi connectivity index (χ1v) is 6.24. The minimum atomic E-state index is -1.51. The van der Waals surface area contributed by atoms with Crippen molar-refractivity contribution in [3.05, 3.63) is 48.6 Å². The third kappa shape index (κ3) is 2.22. The summed E-state index contributed by atoms with van der Waals surface area (Å²) in [6, 6.07) is 9.22. The smallest absolute Gasteiger partial charge is 0.324 e. The molecule has 20 heavy (non-hydrogen) atoms. The minimum Gasteiger partial charge on any atom is -0.468 e. The molecule has 0 aliphatic carbocycles. The third-order valence-electron chi connectivity index (χ3n) is 4.01. The molecule has 1 aromatic carbocycles. The molecule has 0 aliphatic rings. The van der Waals surface area contributed by atoms with E-state index in [0.29, 0.717) is 0 Å². The highest BCUT2D eigenvalue weighted by Gasteiger charge is 2.57. The minimum absolute atomic E-state index is 0.657. The average Bonchev–Trinajstić information content (AvgIpc) is 2.52. The second kappa shape index (κ2) is 5.90. The van der Waals surface area contributed by atoms with Crippen molar-refractivity contribution in [1.29, 1.82) is 0 Å². The van der Waals surface area contributed by atoms with Gasteiger partial charge < -0.3 is 9.47 Å². The lowest BCUT2D eigenvalue weighted by Gasteiger charge is -2.40. The van der Waals surface area contributed by atoms with Crippen molar-refractivity contribution in [3.8, 4) is 0 Å². The van der Waals surface area contributed by atoms with Crippen molar-refractivity contribution in [2.24, 2.45) is 5.41 Å². The zero-order valence-electron chi connectivity index (χ0n) is 12.3. The Morgan fingerprint density at radius 2 is 1.50 bits per heavy atom. The molecule has 4 nitrogen and oxygen atoms in total. The Morgan fingerprint density at radius 3 is 1.85 bits per heavy atom. The van der Waals surface area contributed by atoms with Crippen LogP contribution in [0.2, 0.25) is 0 Å². The number of esters is 2. The number of ether oxygens (including phenoxy) is 2. The van der Waals surface area contributed by atoms with Crippen LogP contribution in [0.4, 0.5) is 0 Å². The lowest BCUT2D eigenvalue weighted by atomic mass is 9.61. The van der Waals surface area contributed by atoms with E-state index in [1.54, 1.807) is 13.0 Å². The van der Waals surface area contributed by atoms with Crippen LogP contribution in [-0.2, 0) is 24.5 Å². The number of rotatable bonds is 5. The molecule has 1 unspecified atom stereocenters. The van der Waals surface area contributed by atoms with Gasteiger partial charge in [0.2, 0.25) is 0 Å². The number of methoxy groups -OCH3 is 2. The van der Waals surface area contributed by atoms with Crippen molar-refractivity contribution in [3.63, 3.8) is 0 Å². The maximum Gasteiger partial charge on any atom is 0.324 e. The van der Waals surface area contributed by atoms with Gasteiger partial charge in [0.1, 0.15) is 0 Å². The van der Waals surface area contributed by atoms with Crippen molar-refractivity contribution < 1.29 is 19.1 Å². The van der Waals surface area contributed by atoms with Crippen LogP contribution in [0.15, 0.2) is 43.0 Å². The van der Waals surface area contributed by atoms with Crippen molar-refractivity contribution in [1.82, 2.24) is 0 Å². The van der Waals surface area contributed by atoms with E-state index in [9.17, 15) is 9.59 Å². The highest BCUT2D eigenvalue weighted by molar-refractivity contribution is 6.02. The van der Waals surface area contributed by atoms with Crippen LogP contribution in [0.1, 0.15) is 19.4 Å². The summed E-state index contributed by atoms with van der Waals surface area (Å²) in [4.78, 5) is 24.5. The SMILES string of the molecule is C=CC(C)(c1ccccc1)C(C)(C(=O)OC)C(=O)OC. The molecule has 4 heteroatoms. The Bertz CT molecular complexity index is 490. The van der Waals surface area contributed by atoms with E-state index < -0.39 is 22.8 Å². The zero-order chi connectivity index (χ0) is 15.4. The molecule has 1 rings (SSSR count). The average molecular weight is 276 g/mol. The van der Waals surface area contributed by atoms with Crippen LogP contribution in [0.25, 0.3) is 0 Å². The van der Waals surface area contributed by atoms with Crippen LogP contribution in [-0.4, -0.2) is 26.2 Å². The molecule has 0 saturated carbocycles. The number of hydrogen-bond donors (Lipinski definition) is 0. The largest absolute Gasteiger partial charge is 0.468 e. The molecule has 0 fully saturated rings. The Hall–Kier alpha value is -2.10. The number of benzene rings is 1. The molecule has 1 atom stereocenters. The van der Waals surface area contributed by atoms with Crippen molar-refractivity contribution in [2.75, 3.05) is 14.2 Å². The quantitative estimate of drug-likeness (QED) is 0.471. The van der Waals surface area contributed by atoms with Crippen LogP contribution >= 0.6 is 0 Å². The van der Waals surface area contributed by atoms with E-state index >= 15 is 0 Å². The Morgan fingerprint density at radius 1 is 1.05 bits per heavy atom. The van der Waals surface area contributed by atoms with Gasteiger partial charge in [0.25, 0.3) is 0 Å². The summed E-state index contributed by atoms with van der Waals surface area (Å²) < 4.78 is 9.64. The van der Waals surface area contributed by atoms with E-state index in [4.69, 9.17) is 9.47 Å². The van der Waals surface area contributed by atoms with Crippen LogP contribution in [0, 0.1) is 5.41 Å². The summed E-state index contributed by atoms with van der Waals surface area (Å²) in [6.45, 7) is 7.07. The van der Waals surface area contributed by atoms with Crippen LogP contribution in [0.5, 0.6) is 0 Å². The van der Waals surface area contributed by atoms with Gasteiger partial charge >= 0.3 is 11.9 Å². The predicted molar refractivity (Wildman–Crippen MR) is 76.1 cm³/mol. The summed E-state index contributed by atoms with van der Waals surface area (Å²) in [5, 5.41) is 0. The van der Waals surface area contributed by atoms with E-state index in [1.165, 1.54) is 21.1 Å². The first-order valence-electron chi connectivity index (χ1n) is 6.24.